The Kier molecular flexibility index (Phi) is 3.38. The van der Waals surface area contributed by atoms with Crippen molar-refractivity contribution in [2.75, 3.05) is 0 Å². The molecule has 2 N–H and O–H groups in total. The van der Waals surface area contributed by atoms with E-state index < -0.39 is 0 Å². The number of rotatable bonds is 5. The molecular weight excluding hydrogens is 234 g/mol. The number of nitrogens with two attached hydrogens (primary N) is 1. The highest BCUT2D eigenvalue weighted by atomic mass is 15.3. The van der Waals surface area contributed by atoms with E-state index in [0.717, 1.165) is 13.0 Å². The molecule has 3 nitrogen and oxygen atoms in total. The minimum Gasteiger partial charge on any atom is -0.322 e. The van der Waals surface area contributed by atoms with Crippen LogP contribution in [0.15, 0.2) is 42.6 Å². The van der Waals surface area contributed by atoms with Crippen molar-refractivity contribution in [1.82, 2.24) is 9.78 Å². The molecule has 0 radical (unpaired) electrons. The Labute approximate surface area is 114 Å². The largest absolute Gasteiger partial charge is 0.322 e. The maximum atomic E-state index is 6.44. The second-order valence-electron chi connectivity index (χ2n) is 5.42. The highest BCUT2D eigenvalue weighted by Crippen LogP contribution is 2.53. The van der Waals surface area contributed by atoms with Gasteiger partial charge in [0.2, 0.25) is 0 Å². The predicted octanol–water partition coefficient (Wildman–Crippen LogP) is 3.10. The Morgan fingerprint density at radius 1 is 1.32 bits per heavy atom. The fraction of sp³-hybridized carbons (Fsp3) is 0.438. The zero-order valence-electron chi connectivity index (χ0n) is 11.4. The average Bonchev–Trinajstić information content (AvgIpc) is 3.12. The van der Waals surface area contributed by atoms with Gasteiger partial charge in [-0.05, 0) is 36.3 Å². The van der Waals surface area contributed by atoms with Gasteiger partial charge in [0.15, 0.2) is 0 Å². The van der Waals surface area contributed by atoms with Gasteiger partial charge in [-0.25, -0.2) is 0 Å². The topological polar surface area (TPSA) is 43.8 Å². The summed E-state index contributed by atoms with van der Waals surface area (Å²) in [6.07, 6.45) is 4.15. The summed E-state index contributed by atoms with van der Waals surface area (Å²) in [7, 11) is 0. The van der Waals surface area contributed by atoms with Crippen LogP contribution in [0.1, 0.15) is 43.0 Å². The predicted molar refractivity (Wildman–Crippen MR) is 76.7 cm³/mol. The Hall–Kier alpha value is -1.61. The minimum atomic E-state index is 0.110. The Balaban J connectivity index is 1.72. The lowest BCUT2D eigenvalue weighted by Crippen LogP contribution is -2.18. The van der Waals surface area contributed by atoms with Gasteiger partial charge in [-0.1, -0.05) is 37.3 Å². The van der Waals surface area contributed by atoms with Crippen LogP contribution in [-0.2, 0) is 6.54 Å². The van der Waals surface area contributed by atoms with Crippen LogP contribution in [0.3, 0.4) is 0 Å². The number of nitrogens with zero attached hydrogens (tertiary/aromatic N) is 2. The Bertz CT molecular complexity index is 532. The number of aryl methyl sites for hydroxylation is 1. The molecule has 3 atom stereocenters. The number of hydrogen-bond donors (Lipinski definition) is 1. The molecule has 0 spiro atoms. The van der Waals surface area contributed by atoms with Crippen LogP contribution in [0.2, 0.25) is 0 Å². The molecule has 1 aromatic heterocycles. The second-order valence-corrected chi connectivity index (χ2v) is 5.42. The summed E-state index contributed by atoms with van der Waals surface area (Å²) in [6, 6.07) is 12.9. The van der Waals surface area contributed by atoms with Gasteiger partial charge in [0.25, 0.3) is 0 Å². The molecule has 2 aromatic rings. The molecular formula is C16H21N3. The fourth-order valence-electron chi connectivity index (χ4n) is 2.94. The minimum absolute atomic E-state index is 0.110. The third-order valence-corrected chi connectivity index (χ3v) is 4.06. The van der Waals surface area contributed by atoms with Gasteiger partial charge in [-0.15, -0.1) is 0 Å². The van der Waals surface area contributed by atoms with Gasteiger partial charge in [0, 0.05) is 12.7 Å². The molecule has 0 bridgehead atoms. The number of hydrogen-bond acceptors (Lipinski definition) is 2. The summed E-state index contributed by atoms with van der Waals surface area (Å²) in [5.74, 6) is 1.19. The lowest BCUT2D eigenvalue weighted by atomic mass is 10.0. The van der Waals surface area contributed by atoms with Crippen LogP contribution in [0.5, 0.6) is 0 Å². The summed E-state index contributed by atoms with van der Waals surface area (Å²) >= 11 is 0. The first-order valence-corrected chi connectivity index (χ1v) is 7.13. The van der Waals surface area contributed by atoms with Gasteiger partial charge in [-0.3, -0.25) is 4.68 Å². The van der Waals surface area contributed by atoms with Crippen molar-refractivity contribution in [2.45, 2.75) is 38.3 Å². The molecule has 0 amide bonds. The lowest BCUT2D eigenvalue weighted by molar-refractivity contribution is 0.508. The third kappa shape index (κ3) is 2.43. The number of aromatic nitrogens is 2. The summed E-state index contributed by atoms with van der Waals surface area (Å²) in [6.45, 7) is 3.12. The highest BCUT2D eigenvalue weighted by molar-refractivity contribution is 5.28. The fourth-order valence-corrected chi connectivity index (χ4v) is 2.94. The van der Waals surface area contributed by atoms with Crippen LogP contribution in [0, 0.1) is 5.92 Å². The summed E-state index contributed by atoms with van der Waals surface area (Å²) in [5, 5.41) is 4.37. The van der Waals surface area contributed by atoms with Crippen molar-refractivity contribution in [1.29, 1.82) is 0 Å². The zero-order valence-corrected chi connectivity index (χ0v) is 11.4. The van der Waals surface area contributed by atoms with Crippen LogP contribution in [0.25, 0.3) is 0 Å². The summed E-state index contributed by atoms with van der Waals surface area (Å²) in [5.41, 5.74) is 9.05. The highest BCUT2D eigenvalue weighted by Gasteiger charge is 2.43. The van der Waals surface area contributed by atoms with E-state index in [0.29, 0.717) is 11.8 Å². The maximum absolute atomic E-state index is 6.44. The van der Waals surface area contributed by atoms with Gasteiger partial charge in [-0.2, -0.15) is 5.10 Å². The average molecular weight is 255 g/mol. The van der Waals surface area contributed by atoms with Crippen LogP contribution < -0.4 is 5.73 Å². The molecule has 0 aliphatic heterocycles. The molecule has 3 unspecified atom stereocenters. The molecule has 3 rings (SSSR count). The molecule has 1 aliphatic carbocycles. The smallest absolute Gasteiger partial charge is 0.0554 e. The van der Waals surface area contributed by atoms with Gasteiger partial charge in [0.05, 0.1) is 11.7 Å². The molecule has 19 heavy (non-hydrogen) atoms. The van der Waals surface area contributed by atoms with Gasteiger partial charge in [0.1, 0.15) is 0 Å². The molecule has 1 fully saturated rings. The standard InChI is InChI=1S/C16H21N3/c1-2-10-19-15(8-9-18-19)16(17)14-11-13(14)12-6-4-3-5-7-12/h3-9,13-14,16H,2,10-11,17H2,1H3. The van der Waals surface area contributed by atoms with Crippen molar-refractivity contribution in [3.8, 4) is 0 Å². The van der Waals surface area contributed by atoms with Crippen LogP contribution in [0.4, 0.5) is 0 Å². The van der Waals surface area contributed by atoms with Crippen molar-refractivity contribution in [2.24, 2.45) is 11.7 Å². The summed E-state index contributed by atoms with van der Waals surface area (Å²) < 4.78 is 2.06. The van der Waals surface area contributed by atoms with E-state index in [1.807, 2.05) is 6.20 Å². The molecule has 1 heterocycles. The zero-order chi connectivity index (χ0) is 13.2. The molecule has 3 heteroatoms. The van der Waals surface area contributed by atoms with Crippen molar-refractivity contribution in [3.05, 3.63) is 53.9 Å². The normalized spacial score (nSPS) is 23.3. The Morgan fingerprint density at radius 3 is 2.84 bits per heavy atom. The maximum Gasteiger partial charge on any atom is 0.0554 e. The van der Waals surface area contributed by atoms with Gasteiger partial charge < -0.3 is 5.73 Å². The Morgan fingerprint density at radius 2 is 2.11 bits per heavy atom. The van der Waals surface area contributed by atoms with E-state index in [9.17, 15) is 0 Å². The third-order valence-electron chi connectivity index (χ3n) is 4.06. The van der Waals surface area contributed by atoms with Crippen LogP contribution in [-0.4, -0.2) is 9.78 Å². The molecule has 100 valence electrons. The van der Waals surface area contributed by atoms with E-state index in [2.05, 4.69) is 53.1 Å². The first-order valence-electron chi connectivity index (χ1n) is 7.13. The first kappa shape index (κ1) is 12.4. The first-order chi connectivity index (χ1) is 9.31. The number of benzene rings is 1. The SMILES string of the molecule is CCCn1nccc1C(N)C1CC1c1ccccc1. The monoisotopic (exact) mass is 255 g/mol. The van der Waals surface area contributed by atoms with E-state index in [4.69, 9.17) is 5.73 Å². The van der Waals surface area contributed by atoms with E-state index in [1.54, 1.807) is 0 Å². The van der Waals surface area contributed by atoms with E-state index in [1.165, 1.54) is 17.7 Å². The van der Waals surface area contributed by atoms with Gasteiger partial charge >= 0.3 is 0 Å². The lowest BCUT2D eigenvalue weighted by Gasteiger charge is -2.14. The van der Waals surface area contributed by atoms with Crippen LogP contribution >= 0.6 is 0 Å². The molecule has 0 saturated heterocycles. The second kappa shape index (κ2) is 5.17. The summed E-state index contributed by atoms with van der Waals surface area (Å²) in [4.78, 5) is 0. The molecule has 1 aliphatic rings. The van der Waals surface area contributed by atoms with E-state index >= 15 is 0 Å². The van der Waals surface area contributed by atoms with Crippen molar-refractivity contribution in [3.63, 3.8) is 0 Å². The molecule has 1 saturated carbocycles. The quantitative estimate of drug-likeness (QED) is 0.892. The van der Waals surface area contributed by atoms with Crippen molar-refractivity contribution < 1.29 is 0 Å². The van der Waals surface area contributed by atoms with E-state index in [-0.39, 0.29) is 6.04 Å². The molecule has 1 aromatic carbocycles. The van der Waals surface area contributed by atoms with Crippen molar-refractivity contribution >= 4 is 0 Å².